The van der Waals surface area contributed by atoms with Gasteiger partial charge in [0.2, 0.25) is 5.28 Å². The standard InChI is InChI=1S/C27H22ClF2N5O7S/c1-17-12-19(34(36)37)15-20(13-17)42-11-5-4-10-33(43(40,41)25-7-3-2-6-23(25)35(38)39)24-14-18(29)8-9-21(24)26-22(30)16-31-27(28)32-26/h2-3,6-9,12-16H,4-5,10-11H2,1H3. The summed E-state index contributed by atoms with van der Waals surface area (Å²) in [5, 5.41) is 22.5. The number of ether oxygens (including phenoxy) is 1. The van der Waals surface area contributed by atoms with E-state index in [-0.39, 0.29) is 54.0 Å². The van der Waals surface area contributed by atoms with Crippen molar-refractivity contribution in [2.45, 2.75) is 24.7 Å². The minimum absolute atomic E-state index is 0.0200. The number of nitro benzene ring substituents is 2. The predicted octanol–water partition coefficient (Wildman–Crippen LogP) is 6.25. The van der Waals surface area contributed by atoms with Crippen LogP contribution >= 0.6 is 11.6 Å². The highest BCUT2D eigenvalue weighted by molar-refractivity contribution is 7.93. The van der Waals surface area contributed by atoms with E-state index in [0.717, 1.165) is 40.8 Å². The van der Waals surface area contributed by atoms with Gasteiger partial charge in [0, 0.05) is 24.2 Å². The minimum Gasteiger partial charge on any atom is -0.493 e. The zero-order valence-electron chi connectivity index (χ0n) is 22.3. The number of para-hydroxylation sites is 1. The van der Waals surface area contributed by atoms with E-state index < -0.39 is 47.8 Å². The normalized spacial score (nSPS) is 11.3. The van der Waals surface area contributed by atoms with Crippen molar-refractivity contribution in [2.75, 3.05) is 17.5 Å². The van der Waals surface area contributed by atoms with Gasteiger partial charge in [-0.15, -0.1) is 0 Å². The molecular weight excluding hydrogens is 612 g/mol. The second-order valence-corrected chi connectivity index (χ2v) is 11.3. The summed E-state index contributed by atoms with van der Waals surface area (Å²) in [6, 6.07) is 11.8. The van der Waals surface area contributed by atoms with Crippen LogP contribution in [-0.2, 0) is 10.0 Å². The third-order valence-corrected chi connectivity index (χ3v) is 8.14. The molecule has 1 aromatic heterocycles. The van der Waals surface area contributed by atoms with Gasteiger partial charge in [-0.1, -0.05) is 12.1 Å². The van der Waals surface area contributed by atoms with Crippen LogP contribution in [0.2, 0.25) is 5.28 Å². The molecule has 12 nitrogen and oxygen atoms in total. The second-order valence-electron chi connectivity index (χ2n) is 9.12. The van der Waals surface area contributed by atoms with Gasteiger partial charge in [-0.2, -0.15) is 0 Å². The first-order chi connectivity index (χ1) is 20.4. The summed E-state index contributed by atoms with van der Waals surface area (Å²) >= 11 is 5.86. The van der Waals surface area contributed by atoms with Crippen LogP contribution in [-0.4, -0.2) is 41.4 Å². The second kappa shape index (κ2) is 13.0. The van der Waals surface area contributed by atoms with Gasteiger partial charge in [0.05, 0.1) is 34.4 Å². The SMILES string of the molecule is Cc1cc(OCCCCN(c2cc(F)ccc2-c2nc(Cl)ncc2F)S(=O)(=O)c2ccccc2[N+](=O)[O-])cc([N+](=O)[O-])c1. The van der Waals surface area contributed by atoms with Crippen molar-refractivity contribution in [1.82, 2.24) is 9.97 Å². The van der Waals surface area contributed by atoms with E-state index in [1.807, 2.05) is 0 Å². The molecule has 4 rings (SSSR count). The first-order valence-corrected chi connectivity index (χ1v) is 14.3. The van der Waals surface area contributed by atoms with Crippen molar-refractivity contribution in [3.05, 3.63) is 110 Å². The highest BCUT2D eigenvalue weighted by atomic mass is 35.5. The van der Waals surface area contributed by atoms with Gasteiger partial charge in [-0.05, 0) is 67.3 Å². The molecule has 0 fully saturated rings. The summed E-state index contributed by atoms with van der Waals surface area (Å²) in [4.78, 5) is 28.1. The molecular formula is C27H22ClF2N5O7S. The van der Waals surface area contributed by atoms with Gasteiger partial charge < -0.3 is 4.74 Å². The number of halogens is 3. The molecule has 0 saturated carbocycles. The minimum atomic E-state index is -4.75. The van der Waals surface area contributed by atoms with E-state index in [0.29, 0.717) is 5.56 Å². The highest BCUT2D eigenvalue weighted by Gasteiger charge is 2.33. The van der Waals surface area contributed by atoms with Crippen LogP contribution in [0.25, 0.3) is 11.3 Å². The van der Waals surface area contributed by atoms with Gasteiger partial charge in [-0.3, -0.25) is 24.5 Å². The van der Waals surface area contributed by atoms with Crippen molar-refractivity contribution in [1.29, 1.82) is 0 Å². The fourth-order valence-electron chi connectivity index (χ4n) is 4.23. The molecule has 0 aliphatic carbocycles. The molecule has 0 N–H and O–H groups in total. The van der Waals surface area contributed by atoms with Crippen LogP contribution < -0.4 is 9.04 Å². The van der Waals surface area contributed by atoms with Crippen LogP contribution in [0.5, 0.6) is 5.75 Å². The number of sulfonamides is 1. The first kappa shape index (κ1) is 31.2. The number of benzene rings is 3. The Hall–Kier alpha value is -4.76. The third-order valence-electron chi connectivity index (χ3n) is 6.10. The smallest absolute Gasteiger partial charge is 0.289 e. The number of anilines is 1. The molecule has 4 aromatic rings. The van der Waals surface area contributed by atoms with E-state index in [2.05, 4.69) is 9.97 Å². The number of hydrogen-bond acceptors (Lipinski definition) is 9. The van der Waals surface area contributed by atoms with Gasteiger partial charge >= 0.3 is 0 Å². The summed E-state index contributed by atoms with van der Waals surface area (Å²) in [7, 11) is -4.75. The Bertz CT molecular complexity index is 1810. The summed E-state index contributed by atoms with van der Waals surface area (Å²) in [6.07, 6.45) is 1.06. The third kappa shape index (κ3) is 7.18. The predicted molar refractivity (Wildman–Crippen MR) is 153 cm³/mol. The fraction of sp³-hybridized carbons (Fsp3) is 0.185. The summed E-state index contributed by atoms with van der Waals surface area (Å²) in [6.45, 7) is 1.34. The number of non-ortho nitro benzene ring substituents is 1. The molecule has 0 radical (unpaired) electrons. The molecule has 0 aliphatic heterocycles. The lowest BCUT2D eigenvalue weighted by atomic mass is 10.1. The van der Waals surface area contributed by atoms with Crippen LogP contribution in [0.3, 0.4) is 0 Å². The van der Waals surface area contributed by atoms with E-state index in [1.54, 1.807) is 13.0 Å². The summed E-state index contributed by atoms with van der Waals surface area (Å²) in [5.74, 6) is -1.60. The lowest BCUT2D eigenvalue weighted by molar-refractivity contribution is -0.387. The summed E-state index contributed by atoms with van der Waals surface area (Å²) < 4.78 is 63.7. The van der Waals surface area contributed by atoms with Gasteiger partial charge in [-0.25, -0.2) is 27.2 Å². The maximum Gasteiger partial charge on any atom is 0.289 e. The Morgan fingerprint density at radius 1 is 1.00 bits per heavy atom. The Morgan fingerprint density at radius 3 is 2.47 bits per heavy atom. The number of hydrogen-bond donors (Lipinski definition) is 0. The first-order valence-electron chi connectivity index (χ1n) is 12.5. The molecule has 224 valence electrons. The lowest BCUT2D eigenvalue weighted by Crippen LogP contribution is -2.33. The Labute approximate surface area is 248 Å². The van der Waals surface area contributed by atoms with E-state index >= 15 is 0 Å². The van der Waals surface area contributed by atoms with E-state index in [9.17, 15) is 37.4 Å². The molecule has 1 heterocycles. The number of unbranched alkanes of at least 4 members (excludes halogenated alkanes) is 1. The molecule has 3 aromatic carbocycles. The highest BCUT2D eigenvalue weighted by Crippen LogP contribution is 2.37. The number of aromatic nitrogens is 2. The monoisotopic (exact) mass is 633 g/mol. The van der Waals surface area contributed by atoms with Crippen LogP contribution in [0, 0.1) is 38.8 Å². The van der Waals surface area contributed by atoms with Gasteiger partial charge in [0.1, 0.15) is 17.3 Å². The maximum absolute atomic E-state index is 14.8. The number of rotatable bonds is 12. The largest absolute Gasteiger partial charge is 0.493 e. The van der Waals surface area contributed by atoms with E-state index in [1.165, 1.54) is 24.3 Å². The number of nitro groups is 2. The molecule has 0 amide bonds. The van der Waals surface area contributed by atoms with Crippen LogP contribution in [0.4, 0.5) is 25.8 Å². The van der Waals surface area contributed by atoms with Crippen molar-refractivity contribution in [2.24, 2.45) is 0 Å². The van der Waals surface area contributed by atoms with Crippen molar-refractivity contribution < 1.29 is 31.8 Å². The molecule has 0 saturated heterocycles. The Kier molecular flexibility index (Phi) is 9.46. The molecule has 16 heteroatoms. The van der Waals surface area contributed by atoms with Crippen LogP contribution in [0.15, 0.2) is 71.8 Å². The zero-order chi connectivity index (χ0) is 31.3. The van der Waals surface area contributed by atoms with Crippen molar-refractivity contribution >= 4 is 38.7 Å². The fourth-order valence-corrected chi connectivity index (χ4v) is 6.03. The molecule has 43 heavy (non-hydrogen) atoms. The molecule has 0 atom stereocenters. The number of aryl methyl sites for hydroxylation is 1. The van der Waals surface area contributed by atoms with Crippen molar-refractivity contribution in [3.8, 4) is 17.0 Å². The number of nitrogens with zero attached hydrogens (tertiary/aromatic N) is 5. The quantitative estimate of drug-likeness (QED) is 0.0760. The molecule has 0 aliphatic rings. The summed E-state index contributed by atoms with van der Waals surface area (Å²) in [5.41, 5.74) is -1.20. The zero-order valence-corrected chi connectivity index (χ0v) is 23.9. The average molecular weight is 634 g/mol. The topological polar surface area (TPSA) is 159 Å². The average Bonchev–Trinajstić information content (AvgIpc) is 2.96. The maximum atomic E-state index is 14.8. The van der Waals surface area contributed by atoms with Crippen molar-refractivity contribution in [3.63, 3.8) is 0 Å². The van der Waals surface area contributed by atoms with E-state index in [4.69, 9.17) is 16.3 Å². The van der Waals surface area contributed by atoms with Crippen LogP contribution in [0.1, 0.15) is 18.4 Å². The molecule has 0 unspecified atom stereocenters. The molecule has 0 bridgehead atoms. The Balaban J connectivity index is 1.71. The molecule has 0 spiro atoms. The van der Waals surface area contributed by atoms with Gasteiger partial charge in [0.25, 0.3) is 21.4 Å². The lowest BCUT2D eigenvalue weighted by Gasteiger charge is -2.26. The van der Waals surface area contributed by atoms with Gasteiger partial charge in [0.15, 0.2) is 10.7 Å². The Morgan fingerprint density at radius 2 is 1.74 bits per heavy atom.